The van der Waals surface area contributed by atoms with Crippen molar-refractivity contribution >= 4 is 23.0 Å². The summed E-state index contributed by atoms with van der Waals surface area (Å²) >= 11 is 1.20. The lowest BCUT2D eigenvalue weighted by atomic mass is 10.2. The predicted molar refractivity (Wildman–Crippen MR) is 75.0 cm³/mol. The van der Waals surface area contributed by atoms with Crippen LogP contribution in [0.5, 0.6) is 0 Å². The normalized spacial score (nSPS) is 22.4. The monoisotopic (exact) mass is 289 g/mol. The van der Waals surface area contributed by atoms with Gasteiger partial charge < -0.3 is 9.47 Å². The van der Waals surface area contributed by atoms with E-state index in [1.54, 1.807) is 34.6 Å². The van der Waals surface area contributed by atoms with Crippen molar-refractivity contribution in [2.75, 3.05) is 12.4 Å². The Labute approximate surface area is 119 Å². The molecule has 1 fully saturated rings. The standard InChI is InChI=1S/C13H23NO4S/c1-7-19-10(15)9-8-17-13(5,6)14(9)11(16)18-12(2,3)4/h9H,7-8H2,1-6H3/t9-/m0/s1. The highest BCUT2D eigenvalue weighted by atomic mass is 32.2. The molecule has 0 unspecified atom stereocenters. The third-order valence-corrected chi connectivity index (χ3v) is 3.48. The van der Waals surface area contributed by atoms with Gasteiger partial charge in [-0.05, 0) is 40.4 Å². The van der Waals surface area contributed by atoms with Crippen LogP contribution in [0.15, 0.2) is 0 Å². The van der Waals surface area contributed by atoms with Gasteiger partial charge in [-0.25, -0.2) is 4.79 Å². The zero-order valence-electron chi connectivity index (χ0n) is 12.5. The second-order valence-electron chi connectivity index (χ2n) is 5.88. The van der Waals surface area contributed by atoms with Gasteiger partial charge in [0.25, 0.3) is 0 Å². The van der Waals surface area contributed by atoms with Crippen LogP contribution in [0.2, 0.25) is 0 Å². The molecule has 19 heavy (non-hydrogen) atoms. The number of ether oxygens (including phenoxy) is 2. The van der Waals surface area contributed by atoms with Gasteiger partial charge in [-0.15, -0.1) is 0 Å². The predicted octanol–water partition coefficient (Wildman–Crippen LogP) is 2.64. The van der Waals surface area contributed by atoms with Gasteiger partial charge in [0, 0.05) is 0 Å². The van der Waals surface area contributed by atoms with Gasteiger partial charge >= 0.3 is 6.09 Å². The molecule has 1 rings (SSSR count). The lowest BCUT2D eigenvalue weighted by Gasteiger charge is -2.34. The molecular weight excluding hydrogens is 266 g/mol. The molecule has 0 spiro atoms. The SMILES string of the molecule is CCSC(=O)[C@@H]1COC(C)(C)N1C(=O)OC(C)(C)C. The van der Waals surface area contributed by atoms with E-state index in [0.29, 0.717) is 5.75 Å². The highest BCUT2D eigenvalue weighted by Gasteiger charge is 2.48. The van der Waals surface area contributed by atoms with Crippen LogP contribution in [-0.2, 0) is 14.3 Å². The number of amides is 1. The van der Waals surface area contributed by atoms with Crippen LogP contribution in [0.4, 0.5) is 4.79 Å². The summed E-state index contributed by atoms with van der Waals surface area (Å²) in [5.41, 5.74) is -1.42. The fraction of sp³-hybridized carbons (Fsp3) is 0.846. The molecule has 1 heterocycles. The quantitative estimate of drug-likeness (QED) is 0.782. The van der Waals surface area contributed by atoms with E-state index in [-0.39, 0.29) is 11.7 Å². The molecular formula is C13H23NO4S. The molecule has 110 valence electrons. The largest absolute Gasteiger partial charge is 0.444 e. The van der Waals surface area contributed by atoms with Crippen molar-refractivity contribution in [2.24, 2.45) is 0 Å². The van der Waals surface area contributed by atoms with Crippen LogP contribution in [0.1, 0.15) is 41.5 Å². The summed E-state index contributed by atoms with van der Waals surface area (Å²) in [6.45, 7) is 11.0. The molecule has 1 amide bonds. The number of hydrogen-bond donors (Lipinski definition) is 0. The number of thioether (sulfide) groups is 1. The summed E-state index contributed by atoms with van der Waals surface area (Å²) in [6.07, 6.45) is -0.509. The Kier molecular flexibility index (Phi) is 4.90. The third-order valence-electron chi connectivity index (χ3n) is 2.64. The Morgan fingerprint density at radius 3 is 2.47 bits per heavy atom. The van der Waals surface area contributed by atoms with Crippen LogP contribution in [-0.4, -0.2) is 45.8 Å². The minimum absolute atomic E-state index is 0.0565. The number of nitrogens with zero attached hydrogens (tertiary/aromatic N) is 1. The fourth-order valence-corrected chi connectivity index (χ4v) is 2.52. The topological polar surface area (TPSA) is 55.8 Å². The van der Waals surface area contributed by atoms with E-state index in [2.05, 4.69) is 0 Å². The molecule has 6 heteroatoms. The van der Waals surface area contributed by atoms with Crippen molar-refractivity contribution in [1.82, 2.24) is 4.90 Å². The molecule has 1 aliphatic heterocycles. The number of rotatable bonds is 2. The second kappa shape index (κ2) is 5.71. The zero-order chi connectivity index (χ0) is 14.8. The van der Waals surface area contributed by atoms with E-state index >= 15 is 0 Å². The van der Waals surface area contributed by atoms with Crippen LogP contribution < -0.4 is 0 Å². The Bertz CT molecular complexity index is 362. The lowest BCUT2D eigenvalue weighted by molar-refractivity contribution is -0.116. The molecule has 1 saturated heterocycles. The molecule has 0 aliphatic carbocycles. The number of carbonyl (C=O) groups is 2. The highest BCUT2D eigenvalue weighted by molar-refractivity contribution is 8.13. The number of carbonyl (C=O) groups excluding carboxylic acids is 2. The average Bonchev–Trinajstić information content (AvgIpc) is 2.51. The average molecular weight is 289 g/mol. The van der Waals surface area contributed by atoms with E-state index < -0.39 is 23.5 Å². The zero-order valence-corrected chi connectivity index (χ0v) is 13.3. The lowest BCUT2D eigenvalue weighted by Crippen LogP contribution is -2.51. The third kappa shape index (κ3) is 4.11. The van der Waals surface area contributed by atoms with Crippen LogP contribution in [0, 0.1) is 0 Å². The maximum Gasteiger partial charge on any atom is 0.413 e. The van der Waals surface area contributed by atoms with E-state index in [0.717, 1.165) is 0 Å². The van der Waals surface area contributed by atoms with Crippen molar-refractivity contribution < 1.29 is 19.1 Å². The molecule has 1 aliphatic rings. The van der Waals surface area contributed by atoms with Gasteiger partial charge in [-0.3, -0.25) is 9.69 Å². The molecule has 1 atom stereocenters. The summed E-state index contributed by atoms with van der Waals surface area (Å²) < 4.78 is 10.9. The van der Waals surface area contributed by atoms with Crippen molar-refractivity contribution in [1.29, 1.82) is 0 Å². The van der Waals surface area contributed by atoms with Gasteiger partial charge in [0.05, 0.1) is 6.61 Å². The van der Waals surface area contributed by atoms with Crippen molar-refractivity contribution in [3.63, 3.8) is 0 Å². The Morgan fingerprint density at radius 2 is 2.00 bits per heavy atom. The van der Waals surface area contributed by atoms with Gasteiger partial charge in [0.1, 0.15) is 17.4 Å². The molecule has 0 bridgehead atoms. The van der Waals surface area contributed by atoms with Gasteiger partial charge in [0.15, 0.2) is 0 Å². The Morgan fingerprint density at radius 1 is 1.42 bits per heavy atom. The first-order valence-electron chi connectivity index (χ1n) is 6.41. The fourth-order valence-electron chi connectivity index (χ4n) is 1.87. The van der Waals surface area contributed by atoms with Gasteiger partial charge in [0.2, 0.25) is 5.12 Å². The van der Waals surface area contributed by atoms with E-state index in [4.69, 9.17) is 9.47 Å². The van der Waals surface area contributed by atoms with E-state index in [1.165, 1.54) is 16.7 Å². The Hall–Kier alpha value is -0.750. The minimum atomic E-state index is -0.822. The highest BCUT2D eigenvalue weighted by Crippen LogP contribution is 2.31. The molecule has 0 aromatic heterocycles. The number of hydrogen-bond acceptors (Lipinski definition) is 5. The summed E-state index contributed by atoms with van der Waals surface area (Å²) in [6, 6.07) is -0.574. The molecule has 0 aromatic rings. The first-order chi connectivity index (χ1) is 8.58. The van der Waals surface area contributed by atoms with E-state index in [1.807, 2.05) is 6.92 Å². The van der Waals surface area contributed by atoms with Crippen LogP contribution in [0.3, 0.4) is 0 Å². The maximum atomic E-state index is 12.3. The van der Waals surface area contributed by atoms with Crippen LogP contribution >= 0.6 is 11.8 Å². The Balaban J connectivity index is 2.90. The van der Waals surface area contributed by atoms with Crippen molar-refractivity contribution in [2.45, 2.75) is 58.9 Å². The first kappa shape index (κ1) is 16.3. The van der Waals surface area contributed by atoms with E-state index in [9.17, 15) is 9.59 Å². The van der Waals surface area contributed by atoms with Crippen molar-refractivity contribution in [3.05, 3.63) is 0 Å². The summed E-state index contributed by atoms with van der Waals surface area (Å²) in [4.78, 5) is 25.7. The first-order valence-corrected chi connectivity index (χ1v) is 7.40. The van der Waals surface area contributed by atoms with Gasteiger partial charge in [-0.2, -0.15) is 0 Å². The molecule has 0 N–H and O–H groups in total. The van der Waals surface area contributed by atoms with Crippen LogP contribution in [0.25, 0.3) is 0 Å². The molecule has 5 nitrogen and oxygen atoms in total. The molecule has 0 radical (unpaired) electrons. The summed E-state index contributed by atoms with van der Waals surface area (Å²) in [5.74, 6) is 0.678. The van der Waals surface area contributed by atoms with Crippen molar-refractivity contribution in [3.8, 4) is 0 Å². The smallest absolute Gasteiger partial charge is 0.413 e. The molecule has 0 aromatic carbocycles. The minimum Gasteiger partial charge on any atom is -0.444 e. The van der Waals surface area contributed by atoms with Gasteiger partial charge in [-0.1, -0.05) is 18.7 Å². The summed E-state index contributed by atoms with van der Waals surface area (Å²) in [5, 5.41) is -0.0565. The maximum absolute atomic E-state index is 12.3. The summed E-state index contributed by atoms with van der Waals surface area (Å²) in [7, 11) is 0. The second-order valence-corrected chi connectivity index (χ2v) is 7.14. The molecule has 0 saturated carbocycles.